The molecule has 104 valence electrons. The van der Waals surface area contributed by atoms with Crippen molar-refractivity contribution in [3.63, 3.8) is 0 Å². The van der Waals surface area contributed by atoms with E-state index in [4.69, 9.17) is 0 Å². The summed E-state index contributed by atoms with van der Waals surface area (Å²) in [5, 5.41) is 3.69. The lowest BCUT2D eigenvalue weighted by Gasteiger charge is -2.28. The van der Waals surface area contributed by atoms with Crippen LogP contribution in [0.1, 0.15) is 36.0 Å². The number of benzene rings is 1. The van der Waals surface area contributed by atoms with Gasteiger partial charge in [-0.05, 0) is 59.6 Å². The van der Waals surface area contributed by atoms with E-state index in [0.717, 1.165) is 19.3 Å². The summed E-state index contributed by atoms with van der Waals surface area (Å²) >= 11 is 5.10. The minimum Gasteiger partial charge on any atom is -0.349 e. The average molecular weight is 346 g/mol. The van der Waals surface area contributed by atoms with E-state index in [1.807, 2.05) is 11.8 Å². The third kappa shape index (κ3) is 3.96. The van der Waals surface area contributed by atoms with Crippen molar-refractivity contribution in [3.05, 3.63) is 34.1 Å². The highest BCUT2D eigenvalue weighted by Crippen LogP contribution is 2.27. The van der Waals surface area contributed by atoms with Gasteiger partial charge >= 0.3 is 0 Å². The van der Waals surface area contributed by atoms with Crippen LogP contribution in [0, 0.1) is 5.82 Å². The highest BCUT2D eigenvalue weighted by molar-refractivity contribution is 9.10. The summed E-state index contributed by atoms with van der Waals surface area (Å²) in [5.74, 6) is -0.470. The van der Waals surface area contributed by atoms with Gasteiger partial charge in [0.2, 0.25) is 0 Å². The van der Waals surface area contributed by atoms with Gasteiger partial charge in [-0.3, -0.25) is 4.79 Å². The van der Waals surface area contributed by atoms with Crippen molar-refractivity contribution >= 4 is 33.6 Å². The zero-order valence-corrected chi connectivity index (χ0v) is 13.2. The summed E-state index contributed by atoms with van der Waals surface area (Å²) in [7, 11) is 0. The van der Waals surface area contributed by atoms with Gasteiger partial charge in [0.25, 0.3) is 5.91 Å². The smallest absolute Gasteiger partial charge is 0.252 e. The SMILES string of the molecule is CSC1CCCC(NC(=O)c2ccc(F)cc2Br)C1. The maximum Gasteiger partial charge on any atom is 0.252 e. The standard InChI is InChI=1S/C14H17BrFNOS/c1-19-11-4-2-3-10(8-11)17-14(18)12-6-5-9(16)7-13(12)15/h5-7,10-11H,2-4,8H2,1H3,(H,17,18). The Labute approximate surface area is 125 Å². The fraction of sp³-hybridized carbons (Fsp3) is 0.500. The first-order valence-corrected chi connectivity index (χ1v) is 8.47. The largest absolute Gasteiger partial charge is 0.349 e. The molecule has 0 aliphatic heterocycles. The first kappa shape index (κ1) is 14.9. The Bertz CT molecular complexity index is 469. The molecule has 19 heavy (non-hydrogen) atoms. The third-order valence-corrected chi connectivity index (χ3v) is 5.22. The van der Waals surface area contributed by atoms with Crippen molar-refractivity contribution in [2.45, 2.75) is 37.0 Å². The first-order valence-electron chi connectivity index (χ1n) is 6.39. The lowest BCUT2D eigenvalue weighted by molar-refractivity contribution is 0.0927. The highest BCUT2D eigenvalue weighted by Gasteiger charge is 2.23. The normalized spacial score (nSPS) is 23.1. The number of hydrogen-bond acceptors (Lipinski definition) is 2. The Morgan fingerprint density at radius 2 is 2.26 bits per heavy atom. The molecule has 2 unspecified atom stereocenters. The van der Waals surface area contributed by atoms with Crippen molar-refractivity contribution < 1.29 is 9.18 Å². The number of halogens is 2. The van der Waals surface area contributed by atoms with Crippen LogP contribution < -0.4 is 5.32 Å². The Morgan fingerprint density at radius 1 is 1.47 bits per heavy atom. The second kappa shape index (κ2) is 6.75. The second-order valence-corrected chi connectivity index (χ2v) is 6.81. The summed E-state index contributed by atoms with van der Waals surface area (Å²) < 4.78 is 13.5. The van der Waals surface area contributed by atoms with Gasteiger partial charge in [-0.15, -0.1) is 0 Å². The van der Waals surface area contributed by atoms with Crippen LogP contribution in [0.25, 0.3) is 0 Å². The predicted octanol–water partition coefficient (Wildman–Crippen LogP) is 3.99. The third-order valence-electron chi connectivity index (χ3n) is 3.47. The average Bonchev–Trinajstić information content (AvgIpc) is 2.38. The molecule has 1 saturated carbocycles. The molecule has 2 rings (SSSR count). The Morgan fingerprint density at radius 3 is 2.95 bits per heavy atom. The van der Waals surface area contributed by atoms with Crippen molar-refractivity contribution in [2.75, 3.05) is 6.26 Å². The number of carbonyl (C=O) groups excluding carboxylic acids is 1. The second-order valence-electron chi connectivity index (χ2n) is 4.82. The molecule has 5 heteroatoms. The van der Waals surface area contributed by atoms with Crippen LogP contribution in [0.4, 0.5) is 4.39 Å². The summed E-state index contributed by atoms with van der Waals surface area (Å²) in [6.45, 7) is 0. The van der Waals surface area contributed by atoms with E-state index in [1.54, 1.807) is 0 Å². The summed E-state index contributed by atoms with van der Waals surface area (Å²) in [5.41, 5.74) is 0.493. The first-order chi connectivity index (χ1) is 9.10. The van der Waals surface area contributed by atoms with Crippen LogP contribution >= 0.6 is 27.7 Å². The van der Waals surface area contributed by atoms with Crippen LogP contribution in [0.15, 0.2) is 22.7 Å². The number of thioether (sulfide) groups is 1. The minimum atomic E-state index is -0.344. The molecule has 1 aliphatic rings. The van der Waals surface area contributed by atoms with Gasteiger partial charge < -0.3 is 5.32 Å². The molecule has 0 aromatic heterocycles. The molecule has 2 nitrogen and oxygen atoms in total. The molecule has 0 radical (unpaired) electrons. The number of hydrogen-bond donors (Lipinski definition) is 1. The van der Waals surface area contributed by atoms with Crippen LogP contribution in [0.2, 0.25) is 0 Å². The molecule has 0 bridgehead atoms. The molecule has 1 aromatic rings. The van der Waals surface area contributed by atoms with Crippen LogP contribution in [-0.4, -0.2) is 23.5 Å². The molecule has 0 heterocycles. The van der Waals surface area contributed by atoms with E-state index >= 15 is 0 Å². The molecular weight excluding hydrogens is 329 g/mol. The van der Waals surface area contributed by atoms with E-state index in [0.29, 0.717) is 15.3 Å². The monoisotopic (exact) mass is 345 g/mol. The van der Waals surface area contributed by atoms with Crippen molar-refractivity contribution in [1.82, 2.24) is 5.32 Å². The van der Waals surface area contributed by atoms with E-state index in [1.165, 1.54) is 24.6 Å². The van der Waals surface area contributed by atoms with Gasteiger partial charge in [0.15, 0.2) is 0 Å². The molecule has 2 atom stereocenters. The molecule has 1 N–H and O–H groups in total. The van der Waals surface area contributed by atoms with Crippen LogP contribution in [-0.2, 0) is 0 Å². The van der Waals surface area contributed by atoms with E-state index in [-0.39, 0.29) is 17.8 Å². The molecular formula is C14H17BrFNOS. The van der Waals surface area contributed by atoms with Gasteiger partial charge in [-0.25, -0.2) is 4.39 Å². The quantitative estimate of drug-likeness (QED) is 0.897. The van der Waals surface area contributed by atoms with Gasteiger partial charge in [0.05, 0.1) is 5.56 Å². The maximum atomic E-state index is 13.0. The van der Waals surface area contributed by atoms with Crippen molar-refractivity contribution in [1.29, 1.82) is 0 Å². The fourth-order valence-corrected chi connectivity index (χ4v) is 3.78. The molecule has 1 fully saturated rings. The predicted molar refractivity (Wildman–Crippen MR) is 81.1 cm³/mol. The van der Waals surface area contributed by atoms with Gasteiger partial charge in [-0.1, -0.05) is 6.42 Å². The Kier molecular flexibility index (Phi) is 5.28. The van der Waals surface area contributed by atoms with Gasteiger partial charge in [0, 0.05) is 15.8 Å². The highest BCUT2D eigenvalue weighted by atomic mass is 79.9. The zero-order chi connectivity index (χ0) is 13.8. The summed E-state index contributed by atoms with van der Waals surface area (Å²) in [6, 6.07) is 4.38. The molecule has 1 aliphatic carbocycles. The molecule has 1 amide bonds. The Hall–Kier alpha value is -0.550. The van der Waals surface area contributed by atoms with E-state index in [9.17, 15) is 9.18 Å². The Balaban J connectivity index is 2.00. The van der Waals surface area contributed by atoms with E-state index in [2.05, 4.69) is 27.5 Å². The van der Waals surface area contributed by atoms with Crippen LogP contribution in [0.3, 0.4) is 0 Å². The minimum absolute atomic E-state index is 0.126. The molecule has 1 aromatic carbocycles. The van der Waals surface area contributed by atoms with Gasteiger partial charge in [0.1, 0.15) is 5.82 Å². The number of carbonyl (C=O) groups is 1. The van der Waals surface area contributed by atoms with E-state index < -0.39 is 0 Å². The van der Waals surface area contributed by atoms with Crippen LogP contribution in [0.5, 0.6) is 0 Å². The molecule has 0 saturated heterocycles. The topological polar surface area (TPSA) is 29.1 Å². The number of nitrogens with one attached hydrogen (secondary N) is 1. The maximum absolute atomic E-state index is 13.0. The lowest BCUT2D eigenvalue weighted by atomic mass is 9.94. The fourth-order valence-electron chi connectivity index (χ4n) is 2.43. The van der Waals surface area contributed by atoms with Crippen molar-refractivity contribution in [2.24, 2.45) is 0 Å². The van der Waals surface area contributed by atoms with Crippen molar-refractivity contribution in [3.8, 4) is 0 Å². The summed E-state index contributed by atoms with van der Waals surface area (Å²) in [4.78, 5) is 12.2. The number of amides is 1. The zero-order valence-electron chi connectivity index (χ0n) is 10.8. The molecule has 0 spiro atoms. The summed E-state index contributed by atoms with van der Waals surface area (Å²) in [6.07, 6.45) is 6.55. The lowest BCUT2D eigenvalue weighted by Crippen LogP contribution is -2.39. The number of rotatable bonds is 3. The van der Waals surface area contributed by atoms with Gasteiger partial charge in [-0.2, -0.15) is 11.8 Å².